The first-order valence-corrected chi connectivity index (χ1v) is 11.1. The van der Waals surface area contributed by atoms with E-state index >= 15 is 0 Å². The van der Waals surface area contributed by atoms with E-state index < -0.39 is 35.2 Å². The van der Waals surface area contributed by atoms with E-state index in [1.54, 1.807) is 49.2 Å². The number of benzene rings is 2. The van der Waals surface area contributed by atoms with Crippen molar-refractivity contribution >= 4 is 28.3 Å². The van der Waals surface area contributed by atoms with Crippen LogP contribution in [0.15, 0.2) is 54.7 Å². The summed E-state index contributed by atoms with van der Waals surface area (Å²) in [5.41, 5.74) is -0.587. The Morgan fingerprint density at radius 1 is 1.09 bits per heavy atom. The van der Waals surface area contributed by atoms with Gasteiger partial charge in [-0.2, -0.15) is 0 Å². The fourth-order valence-corrected chi connectivity index (χ4v) is 6.42. The van der Waals surface area contributed by atoms with Crippen LogP contribution in [0, 0.1) is 0 Å². The number of aromatic amines is 1. The first-order chi connectivity index (χ1) is 15.9. The molecule has 3 saturated heterocycles. The summed E-state index contributed by atoms with van der Waals surface area (Å²) < 4.78 is 18.8. The smallest absolute Gasteiger partial charge is 0.266 e. The Morgan fingerprint density at radius 2 is 1.85 bits per heavy atom. The van der Waals surface area contributed by atoms with Gasteiger partial charge in [0.25, 0.3) is 5.91 Å². The lowest BCUT2D eigenvalue weighted by Gasteiger charge is -2.35. The lowest BCUT2D eigenvalue weighted by Crippen LogP contribution is -2.54. The molecule has 2 aromatic carbocycles. The SMILES string of the molecule is CC1(C)O[C@@H]2[C@@H](CO)O[C@@H]3[C@@]2(O1)C(=O)N1c2ccccc2C(=O)[C@]31c1c[nH]c2ccccc12. The number of anilines is 1. The summed E-state index contributed by atoms with van der Waals surface area (Å²) in [4.78, 5) is 33.5. The quantitative estimate of drug-likeness (QED) is 0.626. The highest BCUT2D eigenvalue weighted by Crippen LogP contribution is 2.64. The molecule has 7 rings (SSSR count). The Kier molecular flexibility index (Phi) is 3.47. The first-order valence-electron chi connectivity index (χ1n) is 11.1. The van der Waals surface area contributed by atoms with Crippen LogP contribution in [0.1, 0.15) is 29.8 Å². The number of amides is 1. The molecule has 2 N–H and O–H groups in total. The topological polar surface area (TPSA) is 101 Å². The largest absolute Gasteiger partial charge is 0.394 e. The normalized spacial score (nSPS) is 35.7. The zero-order valence-electron chi connectivity index (χ0n) is 18.1. The number of rotatable bonds is 2. The zero-order chi connectivity index (χ0) is 22.8. The minimum absolute atomic E-state index is 0.233. The molecule has 1 amide bonds. The van der Waals surface area contributed by atoms with Gasteiger partial charge in [-0.3, -0.25) is 14.5 Å². The van der Waals surface area contributed by atoms with E-state index in [0.717, 1.165) is 10.9 Å². The maximum absolute atomic E-state index is 14.4. The van der Waals surface area contributed by atoms with Crippen LogP contribution in [0.25, 0.3) is 10.9 Å². The zero-order valence-corrected chi connectivity index (χ0v) is 18.1. The lowest BCUT2D eigenvalue weighted by atomic mass is 9.76. The monoisotopic (exact) mass is 446 g/mol. The molecule has 1 spiro atoms. The summed E-state index contributed by atoms with van der Waals surface area (Å²) in [6.45, 7) is 3.10. The third-order valence-electron chi connectivity index (χ3n) is 7.47. The van der Waals surface area contributed by atoms with Crippen molar-refractivity contribution in [3.63, 3.8) is 0 Å². The van der Waals surface area contributed by atoms with Crippen molar-refractivity contribution in [2.75, 3.05) is 11.5 Å². The van der Waals surface area contributed by atoms with Crippen molar-refractivity contribution in [3.8, 4) is 0 Å². The van der Waals surface area contributed by atoms with Crippen molar-refractivity contribution < 1.29 is 28.9 Å². The van der Waals surface area contributed by atoms with Gasteiger partial charge in [0.15, 0.2) is 17.1 Å². The summed E-state index contributed by atoms with van der Waals surface area (Å²) in [5.74, 6) is -1.70. The maximum Gasteiger partial charge on any atom is 0.266 e. The molecule has 0 saturated carbocycles. The lowest BCUT2D eigenvalue weighted by molar-refractivity contribution is -0.206. The molecule has 8 nitrogen and oxygen atoms in total. The van der Waals surface area contributed by atoms with Crippen LogP contribution < -0.4 is 4.90 Å². The van der Waals surface area contributed by atoms with E-state index in [2.05, 4.69) is 4.98 Å². The number of ketones is 1. The molecule has 8 heteroatoms. The average Bonchev–Trinajstić information content (AvgIpc) is 3.53. The molecule has 0 bridgehead atoms. The second kappa shape index (κ2) is 5.90. The van der Waals surface area contributed by atoms with Gasteiger partial charge in [-0.1, -0.05) is 30.3 Å². The third kappa shape index (κ3) is 1.99. The second-order valence-corrected chi connectivity index (χ2v) is 9.57. The van der Waals surface area contributed by atoms with E-state index in [9.17, 15) is 14.7 Å². The molecule has 4 aliphatic heterocycles. The number of Topliss-reactive ketones (excluding diaryl/α,β-unsaturated/α-hetero) is 1. The molecule has 0 aliphatic carbocycles. The number of aliphatic hydroxyl groups is 1. The molecule has 5 heterocycles. The highest BCUT2D eigenvalue weighted by Gasteiger charge is 2.84. The number of hydrogen-bond acceptors (Lipinski definition) is 6. The Labute approximate surface area is 189 Å². The van der Waals surface area contributed by atoms with Crippen molar-refractivity contribution in [1.29, 1.82) is 0 Å². The van der Waals surface area contributed by atoms with Crippen molar-refractivity contribution in [2.24, 2.45) is 0 Å². The van der Waals surface area contributed by atoms with Gasteiger partial charge in [-0.05, 0) is 32.0 Å². The molecule has 0 radical (unpaired) electrons. The van der Waals surface area contributed by atoms with Crippen LogP contribution in [-0.2, 0) is 24.5 Å². The van der Waals surface area contributed by atoms with E-state index in [0.29, 0.717) is 16.8 Å². The van der Waals surface area contributed by atoms with E-state index in [4.69, 9.17) is 14.2 Å². The number of aromatic nitrogens is 1. The molecule has 3 fully saturated rings. The number of para-hydroxylation sites is 2. The fraction of sp³-hybridized carbons (Fsp3) is 0.360. The molecule has 5 atom stereocenters. The van der Waals surface area contributed by atoms with Crippen molar-refractivity contribution in [1.82, 2.24) is 4.98 Å². The number of hydrogen-bond donors (Lipinski definition) is 2. The second-order valence-electron chi connectivity index (χ2n) is 9.57. The number of nitrogens with one attached hydrogen (secondary N) is 1. The fourth-order valence-electron chi connectivity index (χ4n) is 6.42. The predicted molar refractivity (Wildman–Crippen MR) is 117 cm³/mol. The van der Waals surface area contributed by atoms with E-state index in [1.807, 2.05) is 24.3 Å². The number of fused-ring (bicyclic) bond motifs is 5. The number of carbonyl (C=O) groups is 2. The van der Waals surface area contributed by atoms with E-state index in [-0.39, 0.29) is 18.3 Å². The van der Waals surface area contributed by atoms with Crippen LogP contribution in [0.3, 0.4) is 0 Å². The minimum Gasteiger partial charge on any atom is -0.394 e. The molecule has 33 heavy (non-hydrogen) atoms. The Balaban J connectivity index is 1.58. The molecule has 168 valence electrons. The van der Waals surface area contributed by atoms with Crippen molar-refractivity contribution in [3.05, 3.63) is 65.9 Å². The van der Waals surface area contributed by atoms with Gasteiger partial charge in [0.2, 0.25) is 5.60 Å². The molecular formula is C25H22N2O6. The summed E-state index contributed by atoms with van der Waals surface area (Å²) in [6.07, 6.45) is -0.885. The summed E-state index contributed by atoms with van der Waals surface area (Å²) in [5, 5.41) is 10.9. The van der Waals surface area contributed by atoms with Crippen LogP contribution >= 0.6 is 0 Å². The van der Waals surface area contributed by atoms with Gasteiger partial charge in [0.05, 0.1) is 12.3 Å². The number of nitrogens with zero attached hydrogens (tertiary/aromatic N) is 1. The third-order valence-corrected chi connectivity index (χ3v) is 7.47. The summed E-state index contributed by atoms with van der Waals surface area (Å²) >= 11 is 0. The van der Waals surface area contributed by atoms with Crippen LogP contribution in [0.5, 0.6) is 0 Å². The number of ether oxygens (including phenoxy) is 3. The molecule has 4 aliphatic rings. The molecular weight excluding hydrogens is 424 g/mol. The standard InChI is InChI=1S/C25H22N2O6/c1-23(2)32-20-18(12-28)31-21-24(15-11-26-16-9-5-3-7-13(15)16)19(29)14-8-4-6-10-17(14)27(24)22(30)25(20,21)33-23/h3-11,18,20-21,26,28H,12H2,1-2H3/t18-,20-,21+,24-,25-/m1/s1. The number of H-pyrrole nitrogens is 1. The average molecular weight is 446 g/mol. The number of carbonyl (C=O) groups excluding carboxylic acids is 2. The van der Waals surface area contributed by atoms with Gasteiger partial charge in [0.1, 0.15) is 18.3 Å². The van der Waals surface area contributed by atoms with Crippen LogP contribution in [-0.4, -0.2) is 58.1 Å². The van der Waals surface area contributed by atoms with Gasteiger partial charge in [-0.25, -0.2) is 0 Å². The van der Waals surface area contributed by atoms with Gasteiger partial charge >= 0.3 is 0 Å². The van der Waals surface area contributed by atoms with Crippen LogP contribution in [0.2, 0.25) is 0 Å². The van der Waals surface area contributed by atoms with E-state index in [1.165, 1.54) is 0 Å². The van der Waals surface area contributed by atoms with Gasteiger partial charge < -0.3 is 24.3 Å². The summed E-state index contributed by atoms with van der Waals surface area (Å²) in [7, 11) is 0. The number of aliphatic hydroxyl groups excluding tert-OH is 1. The highest BCUT2D eigenvalue weighted by molar-refractivity contribution is 6.26. The maximum atomic E-state index is 14.4. The molecule has 1 aromatic heterocycles. The Bertz CT molecular complexity index is 1360. The first kappa shape index (κ1) is 19.4. The molecule has 3 aromatic rings. The minimum atomic E-state index is -1.56. The van der Waals surface area contributed by atoms with Crippen molar-refractivity contribution in [2.45, 2.75) is 49.1 Å². The summed E-state index contributed by atoms with van der Waals surface area (Å²) in [6, 6.07) is 14.8. The van der Waals surface area contributed by atoms with Gasteiger partial charge in [0, 0.05) is 28.2 Å². The van der Waals surface area contributed by atoms with Gasteiger partial charge in [-0.15, -0.1) is 0 Å². The Morgan fingerprint density at radius 3 is 2.67 bits per heavy atom. The Hall–Kier alpha value is -3.04. The highest BCUT2D eigenvalue weighted by atomic mass is 16.8. The predicted octanol–water partition coefficient (Wildman–Crippen LogP) is 2.26. The van der Waals surface area contributed by atoms with Crippen LogP contribution in [0.4, 0.5) is 5.69 Å². The molecule has 0 unspecified atom stereocenters.